The van der Waals surface area contributed by atoms with Crippen LogP contribution >= 0.6 is 0 Å². The normalized spacial score (nSPS) is 10.6. The van der Waals surface area contributed by atoms with Gasteiger partial charge in [-0.2, -0.15) is 0 Å². The third-order valence-corrected chi connectivity index (χ3v) is 2.23. The molecule has 0 atom stereocenters. The Bertz CT molecular complexity index is 613. The van der Waals surface area contributed by atoms with Gasteiger partial charge in [0.2, 0.25) is 5.89 Å². The first-order valence-corrected chi connectivity index (χ1v) is 4.96. The summed E-state index contributed by atoms with van der Waals surface area (Å²) in [4.78, 5) is 26.7. The maximum absolute atomic E-state index is 11.6. The highest BCUT2D eigenvalue weighted by molar-refractivity contribution is 5.80. The van der Waals surface area contributed by atoms with Gasteiger partial charge in [0, 0.05) is 0 Å². The molecule has 2 rings (SSSR count). The van der Waals surface area contributed by atoms with E-state index in [1.54, 1.807) is 12.1 Å². The number of ketones is 1. The minimum Gasteiger partial charge on any atom is -0.407 e. The van der Waals surface area contributed by atoms with E-state index in [-0.39, 0.29) is 18.1 Å². The molecule has 0 saturated heterocycles. The van der Waals surface area contributed by atoms with Crippen LogP contribution in [-0.4, -0.2) is 10.8 Å². The average Bonchev–Trinajstić information content (AvgIpc) is 2.18. The average molecular weight is 217 g/mol. The molecule has 0 unspecified atom stereocenters. The van der Waals surface area contributed by atoms with Crippen LogP contribution in [0.5, 0.6) is 0 Å². The van der Waals surface area contributed by atoms with Gasteiger partial charge in [0.15, 0.2) is 0 Å². The second kappa shape index (κ2) is 3.89. The molecule has 1 aromatic heterocycles. The summed E-state index contributed by atoms with van der Waals surface area (Å²) in [6.07, 6.45) is 0.0546. The number of hydrogen-bond donors (Lipinski definition) is 0. The van der Waals surface area contributed by atoms with Crippen molar-refractivity contribution >= 4 is 16.7 Å². The molecule has 0 aliphatic heterocycles. The zero-order chi connectivity index (χ0) is 11.7. The topological polar surface area (TPSA) is 60.2 Å². The second-order valence-corrected chi connectivity index (χ2v) is 3.79. The Morgan fingerprint density at radius 1 is 1.44 bits per heavy atom. The number of Topliss-reactive ketones (excluding diaryl/α,β-unsaturated/α-hetero) is 1. The molecular formula is C12H11NO3. The maximum Gasteiger partial charge on any atom is 0.346 e. The van der Waals surface area contributed by atoms with Crippen LogP contribution in [0.2, 0.25) is 0 Å². The van der Waals surface area contributed by atoms with Gasteiger partial charge in [0.25, 0.3) is 0 Å². The van der Waals surface area contributed by atoms with Gasteiger partial charge in [-0.25, -0.2) is 9.78 Å². The summed E-state index contributed by atoms with van der Waals surface area (Å²) in [6, 6.07) is 5.35. The van der Waals surface area contributed by atoms with Crippen molar-refractivity contribution in [2.24, 2.45) is 0 Å². The van der Waals surface area contributed by atoms with Crippen molar-refractivity contribution in [1.29, 1.82) is 0 Å². The van der Waals surface area contributed by atoms with Crippen LogP contribution in [0.25, 0.3) is 10.9 Å². The molecule has 82 valence electrons. The molecule has 0 fully saturated rings. The van der Waals surface area contributed by atoms with Crippen molar-refractivity contribution in [3.8, 4) is 0 Å². The summed E-state index contributed by atoms with van der Waals surface area (Å²) < 4.78 is 4.97. The fraction of sp³-hybridized carbons (Fsp3) is 0.250. The van der Waals surface area contributed by atoms with E-state index in [0.717, 1.165) is 5.56 Å². The molecule has 0 saturated carbocycles. The fourth-order valence-electron chi connectivity index (χ4n) is 1.52. The molecule has 2 aromatic rings. The molecule has 4 nitrogen and oxygen atoms in total. The summed E-state index contributed by atoms with van der Waals surface area (Å²) in [5.41, 5.74) is 1.10. The minimum atomic E-state index is -0.440. The van der Waals surface area contributed by atoms with Crippen LogP contribution < -0.4 is 5.63 Å². The SMILES string of the molecule is CC(=O)Cc1nc2ccc(C)cc2c(=O)o1. The summed E-state index contributed by atoms with van der Waals surface area (Å²) in [5.74, 6) is 0.0935. The molecule has 0 radical (unpaired) electrons. The van der Waals surface area contributed by atoms with E-state index in [2.05, 4.69) is 4.98 Å². The lowest BCUT2D eigenvalue weighted by Gasteiger charge is -2.00. The Labute approximate surface area is 91.9 Å². The monoisotopic (exact) mass is 217 g/mol. The molecule has 4 heteroatoms. The van der Waals surface area contributed by atoms with Gasteiger partial charge in [0.1, 0.15) is 5.78 Å². The summed E-state index contributed by atoms with van der Waals surface area (Å²) in [5, 5.41) is 0.451. The standard InChI is InChI=1S/C12H11NO3/c1-7-3-4-10-9(5-7)12(15)16-11(13-10)6-8(2)14/h3-5H,6H2,1-2H3. The number of carbonyl (C=O) groups excluding carboxylic acids is 1. The van der Waals surface area contributed by atoms with Crippen LogP contribution in [0.4, 0.5) is 0 Å². The zero-order valence-corrected chi connectivity index (χ0v) is 9.11. The molecule has 0 amide bonds. The molecule has 0 aliphatic carbocycles. The van der Waals surface area contributed by atoms with Gasteiger partial charge in [-0.15, -0.1) is 0 Å². The smallest absolute Gasteiger partial charge is 0.346 e. The van der Waals surface area contributed by atoms with E-state index in [9.17, 15) is 9.59 Å². The van der Waals surface area contributed by atoms with Crippen LogP contribution in [0.1, 0.15) is 18.4 Å². The number of hydrogen-bond acceptors (Lipinski definition) is 4. The third kappa shape index (κ3) is 2.00. The maximum atomic E-state index is 11.6. The predicted octanol–water partition coefficient (Wildman–Crippen LogP) is 1.63. The number of rotatable bonds is 2. The molecule has 0 spiro atoms. The van der Waals surface area contributed by atoms with Gasteiger partial charge in [-0.3, -0.25) is 4.79 Å². The zero-order valence-electron chi connectivity index (χ0n) is 9.11. The second-order valence-electron chi connectivity index (χ2n) is 3.79. The number of carbonyl (C=O) groups is 1. The van der Waals surface area contributed by atoms with Crippen molar-refractivity contribution in [3.63, 3.8) is 0 Å². The number of aryl methyl sites for hydroxylation is 1. The predicted molar refractivity (Wildman–Crippen MR) is 59.4 cm³/mol. The van der Waals surface area contributed by atoms with Gasteiger partial charge < -0.3 is 4.42 Å². The van der Waals surface area contributed by atoms with Gasteiger partial charge >= 0.3 is 5.63 Å². The van der Waals surface area contributed by atoms with Crippen LogP contribution in [0.15, 0.2) is 27.4 Å². The van der Waals surface area contributed by atoms with E-state index in [1.165, 1.54) is 6.92 Å². The molecule has 1 aromatic carbocycles. The molecule has 0 aliphatic rings. The van der Waals surface area contributed by atoms with Crippen LogP contribution in [0.3, 0.4) is 0 Å². The highest BCUT2D eigenvalue weighted by Gasteiger charge is 2.07. The lowest BCUT2D eigenvalue weighted by molar-refractivity contribution is -0.116. The Balaban J connectivity index is 2.64. The van der Waals surface area contributed by atoms with E-state index < -0.39 is 5.63 Å². The first-order chi connectivity index (χ1) is 7.56. The van der Waals surface area contributed by atoms with Crippen molar-refractivity contribution in [1.82, 2.24) is 4.98 Å². The molecule has 1 heterocycles. The highest BCUT2D eigenvalue weighted by Crippen LogP contribution is 2.10. The van der Waals surface area contributed by atoms with E-state index >= 15 is 0 Å². The van der Waals surface area contributed by atoms with Gasteiger partial charge in [-0.1, -0.05) is 11.6 Å². The molecular weight excluding hydrogens is 206 g/mol. The molecule has 0 N–H and O–H groups in total. The van der Waals surface area contributed by atoms with Crippen LogP contribution in [0, 0.1) is 6.92 Å². The Hall–Kier alpha value is -1.97. The van der Waals surface area contributed by atoms with Crippen molar-refractivity contribution in [3.05, 3.63) is 40.1 Å². The third-order valence-electron chi connectivity index (χ3n) is 2.23. The highest BCUT2D eigenvalue weighted by atomic mass is 16.4. The fourth-order valence-corrected chi connectivity index (χ4v) is 1.52. The van der Waals surface area contributed by atoms with E-state index in [0.29, 0.717) is 10.9 Å². The largest absolute Gasteiger partial charge is 0.407 e. The lowest BCUT2D eigenvalue weighted by Crippen LogP contribution is -2.08. The molecule has 16 heavy (non-hydrogen) atoms. The molecule has 0 bridgehead atoms. The number of fused-ring (bicyclic) bond motifs is 1. The Morgan fingerprint density at radius 3 is 2.88 bits per heavy atom. The van der Waals surface area contributed by atoms with Crippen molar-refractivity contribution < 1.29 is 9.21 Å². The lowest BCUT2D eigenvalue weighted by atomic mass is 10.2. The first kappa shape index (κ1) is 10.5. The van der Waals surface area contributed by atoms with E-state index in [1.807, 2.05) is 13.0 Å². The van der Waals surface area contributed by atoms with Gasteiger partial charge in [-0.05, 0) is 26.0 Å². The summed E-state index contributed by atoms with van der Waals surface area (Å²) in [7, 11) is 0. The quantitative estimate of drug-likeness (QED) is 0.767. The van der Waals surface area contributed by atoms with Gasteiger partial charge in [0.05, 0.1) is 17.3 Å². The number of nitrogens with zero attached hydrogens (tertiary/aromatic N) is 1. The Kier molecular flexibility index (Phi) is 2.56. The van der Waals surface area contributed by atoms with Crippen molar-refractivity contribution in [2.75, 3.05) is 0 Å². The number of aromatic nitrogens is 1. The van der Waals surface area contributed by atoms with E-state index in [4.69, 9.17) is 4.42 Å². The summed E-state index contributed by atoms with van der Waals surface area (Å²) >= 11 is 0. The number of benzene rings is 1. The first-order valence-electron chi connectivity index (χ1n) is 4.96. The summed E-state index contributed by atoms with van der Waals surface area (Å²) in [6.45, 7) is 3.32. The Morgan fingerprint density at radius 2 is 2.19 bits per heavy atom. The van der Waals surface area contributed by atoms with Crippen molar-refractivity contribution in [2.45, 2.75) is 20.3 Å². The van der Waals surface area contributed by atoms with Crippen LogP contribution in [-0.2, 0) is 11.2 Å². The minimum absolute atomic E-state index is 0.0546.